The molecular formula is C19H19N3O6. The zero-order valence-electron chi connectivity index (χ0n) is 14.8. The highest BCUT2D eigenvalue weighted by Crippen LogP contribution is 2.33. The minimum absolute atomic E-state index is 0.0930. The van der Waals surface area contributed by atoms with E-state index in [0.29, 0.717) is 22.6 Å². The SMILES string of the molecule is OCCOc1ccc(-c2ncnc(-c3ccc(OCCO)cc3O)n2)c(O)c1. The maximum atomic E-state index is 10.2. The Hall–Kier alpha value is -3.43. The Labute approximate surface area is 160 Å². The van der Waals surface area contributed by atoms with Gasteiger partial charge < -0.3 is 29.9 Å². The summed E-state index contributed by atoms with van der Waals surface area (Å²) in [5.74, 6) is 1.06. The third kappa shape index (κ3) is 4.45. The average molecular weight is 385 g/mol. The first kappa shape index (κ1) is 19.3. The number of aliphatic hydroxyl groups is 2. The van der Waals surface area contributed by atoms with Crippen molar-refractivity contribution in [3.8, 4) is 45.8 Å². The zero-order chi connectivity index (χ0) is 19.9. The van der Waals surface area contributed by atoms with Crippen molar-refractivity contribution in [3.05, 3.63) is 42.7 Å². The Morgan fingerprint density at radius 1 is 0.714 bits per heavy atom. The lowest BCUT2D eigenvalue weighted by atomic mass is 10.1. The first-order chi connectivity index (χ1) is 13.6. The van der Waals surface area contributed by atoms with Gasteiger partial charge in [-0.2, -0.15) is 0 Å². The Balaban J connectivity index is 1.89. The molecule has 0 bridgehead atoms. The first-order valence-electron chi connectivity index (χ1n) is 8.45. The highest BCUT2D eigenvalue weighted by Gasteiger charge is 2.14. The fourth-order valence-corrected chi connectivity index (χ4v) is 2.46. The zero-order valence-corrected chi connectivity index (χ0v) is 14.8. The number of phenols is 2. The van der Waals surface area contributed by atoms with Gasteiger partial charge in [0.2, 0.25) is 0 Å². The monoisotopic (exact) mass is 385 g/mol. The smallest absolute Gasteiger partial charge is 0.167 e. The van der Waals surface area contributed by atoms with Crippen molar-refractivity contribution in [3.63, 3.8) is 0 Å². The molecular weight excluding hydrogens is 366 g/mol. The van der Waals surface area contributed by atoms with Gasteiger partial charge in [-0.3, -0.25) is 0 Å². The third-order valence-electron chi connectivity index (χ3n) is 3.71. The fraction of sp³-hybridized carbons (Fsp3) is 0.211. The number of hydrogen-bond acceptors (Lipinski definition) is 9. The van der Waals surface area contributed by atoms with Crippen LogP contribution in [0.3, 0.4) is 0 Å². The standard InChI is InChI=1S/C19H19N3O6/c23-5-7-27-12-1-3-14(16(25)9-12)18-20-11-21-19(22-18)15-4-2-13(10-17(15)26)28-8-6-24/h1-4,9-11,23-26H,5-8H2. The molecule has 0 amide bonds. The molecule has 28 heavy (non-hydrogen) atoms. The number of hydrogen-bond donors (Lipinski definition) is 4. The van der Waals surface area contributed by atoms with Crippen LogP contribution < -0.4 is 9.47 Å². The summed E-state index contributed by atoms with van der Waals surface area (Å²) in [4.78, 5) is 12.5. The van der Waals surface area contributed by atoms with Crippen LogP contribution in [-0.4, -0.2) is 61.8 Å². The Morgan fingerprint density at radius 2 is 1.18 bits per heavy atom. The second kappa shape index (κ2) is 8.98. The van der Waals surface area contributed by atoms with Gasteiger partial charge in [-0.15, -0.1) is 0 Å². The van der Waals surface area contributed by atoms with Crippen molar-refractivity contribution in [1.29, 1.82) is 0 Å². The summed E-state index contributed by atoms with van der Waals surface area (Å²) in [7, 11) is 0. The molecule has 0 aliphatic carbocycles. The van der Waals surface area contributed by atoms with E-state index >= 15 is 0 Å². The molecule has 9 nitrogen and oxygen atoms in total. The van der Waals surface area contributed by atoms with Crippen molar-refractivity contribution in [2.24, 2.45) is 0 Å². The van der Waals surface area contributed by atoms with E-state index in [-0.39, 0.29) is 49.6 Å². The summed E-state index contributed by atoms with van der Waals surface area (Å²) in [5.41, 5.74) is 0.727. The molecule has 4 N–H and O–H groups in total. The van der Waals surface area contributed by atoms with E-state index in [1.54, 1.807) is 24.3 Å². The molecule has 146 valence electrons. The second-order valence-electron chi connectivity index (χ2n) is 5.63. The van der Waals surface area contributed by atoms with Crippen molar-refractivity contribution in [1.82, 2.24) is 15.0 Å². The molecule has 2 aromatic carbocycles. The number of benzene rings is 2. The molecule has 0 aliphatic rings. The molecule has 1 aromatic heterocycles. The van der Waals surface area contributed by atoms with Gasteiger partial charge >= 0.3 is 0 Å². The van der Waals surface area contributed by atoms with Gasteiger partial charge in [0.05, 0.1) is 24.3 Å². The van der Waals surface area contributed by atoms with Crippen LogP contribution in [0.5, 0.6) is 23.0 Å². The quantitative estimate of drug-likeness (QED) is 0.453. The molecule has 0 atom stereocenters. The van der Waals surface area contributed by atoms with E-state index in [2.05, 4.69) is 15.0 Å². The number of phenolic OH excluding ortho intramolecular Hbond substituents is 2. The predicted molar refractivity (Wildman–Crippen MR) is 99.2 cm³/mol. The van der Waals surface area contributed by atoms with Crippen LogP contribution in [0, 0.1) is 0 Å². The summed E-state index contributed by atoms with van der Waals surface area (Å²) in [6.07, 6.45) is 1.28. The normalized spacial score (nSPS) is 10.6. The lowest BCUT2D eigenvalue weighted by Gasteiger charge is -2.10. The number of aromatic nitrogens is 3. The fourth-order valence-electron chi connectivity index (χ4n) is 2.46. The molecule has 0 radical (unpaired) electrons. The Bertz CT molecular complexity index is 878. The first-order valence-corrected chi connectivity index (χ1v) is 8.45. The van der Waals surface area contributed by atoms with E-state index in [1.165, 1.54) is 18.5 Å². The third-order valence-corrected chi connectivity index (χ3v) is 3.71. The number of rotatable bonds is 8. The van der Waals surface area contributed by atoms with E-state index in [0.717, 1.165) is 0 Å². The number of aromatic hydroxyl groups is 2. The van der Waals surface area contributed by atoms with Crippen molar-refractivity contribution >= 4 is 0 Å². The summed E-state index contributed by atoms with van der Waals surface area (Å²) in [6.45, 7) is -0.0305. The van der Waals surface area contributed by atoms with Crippen LogP contribution in [0.1, 0.15) is 0 Å². The molecule has 0 unspecified atom stereocenters. The molecule has 1 heterocycles. The Morgan fingerprint density at radius 3 is 1.57 bits per heavy atom. The molecule has 0 fully saturated rings. The minimum atomic E-state index is -0.132. The molecule has 3 aromatic rings. The number of aliphatic hydroxyl groups excluding tert-OH is 2. The average Bonchev–Trinajstić information content (AvgIpc) is 2.71. The molecule has 0 saturated carbocycles. The van der Waals surface area contributed by atoms with Gasteiger partial charge in [0.15, 0.2) is 11.6 Å². The van der Waals surface area contributed by atoms with Crippen LogP contribution in [0.15, 0.2) is 42.7 Å². The van der Waals surface area contributed by atoms with Crippen LogP contribution in [-0.2, 0) is 0 Å². The maximum Gasteiger partial charge on any atom is 0.167 e. The largest absolute Gasteiger partial charge is 0.507 e. The molecule has 0 spiro atoms. The summed E-state index contributed by atoms with van der Waals surface area (Å²) in [5, 5.41) is 38.1. The van der Waals surface area contributed by atoms with Crippen molar-refractivity contribution in [2.75, 3.05) is 26.4 Å². The molecule has 0 saturated heterocycles. The number of ether oxygens (including phenoxy) is 2. The molecule has 9 heteroatoms. The molecule has 3 rings (SSSR count). The van der Waals surface area contributed by atoms with E-state index < -0.39 is 0 Å². The summed E-state index contributed by atoms with van der Waals surface area (Å²) >= 11 is 0. The van der Waals surface area contributed by atoms with Gasteiger partial charge in [-0.25, -0.2) is 15.0 Å². The lowest BCUT2D eigenvalue weighted by Crippen LogP contribution is -2.02. The Kier molecular flexibility index (Phi) is 6.20. The van der Waals surface area contributed by atoms with Crippen molar-refractivity contribution < 1.29 is 29.9 Å². The van der Waals surface area contributed by atoms with Crippen LogP contribution in [0.4, 0.5) is 0 Å². The van der Waals surface area contributed by atoms with Gasteiger partial charge in [0.1, 0.15) is 42.5 Å². The van der Waals surface area contributed by atoms with Gasteiger partial charge in [-0.1, -0.05) is 0 Å². The highest BCUT2D eigenvalue weighted by molar-refractivity contribution is 5.69. The maximum absolute atomic E-state index is 10.2. The van der Waals surface area contributed by atoms with E-state index in [1.807, 2.05) is 0 Å². The van der Waals surface area contributed by atoms with E-state index in [9.17, 15) is 10.2 Å². The van der Waals surface area contributed by atoms with Crippen LogP contribution in [0.2, 0.25) is 0 Å². The van der Waals surface area contributed by atoms with E-state index in [4.69, 9.17) is 19.7 Å². The van der Waals surface area contributed by atoms with Crippen molar-refractivity contribution in [2.45, 2.75) is 0 Å². The number of nitrogens with zero attached hydrogens (tertiary/aromatic N) is 3. The summed E-state index contributed by atoms with van der Waals surface area (Å²) in [6, 6.07) is 9.23. The van der Waals surface area contributed by atoms with Gasteiger partial charge in [-0.05, 0) is 24.3 Å². The predicted octanol–water partition coefficient (Wildman–Crippen LogP) is 1.36. The van der Waals surface area contributed by atoms with Crippen LogP contribution in [0.25, 0.3) is 22.8 Å². The molecule has 0 aliphatic heterocycles. The summed E-state index contributed by atoms with van der Waals surface area (Å²) < 4.78 is 10.5. The highest BCUT2D eigenvalue weighted by atomic mass is 16.5. The van der Waals surface area contributed by atoms with Crippen LogP contribution >= 0.6 is 0 Å². The van der Waals surface area contributed by atoms with Gasteiger partial charge in [0.25, 0.3) is 0 Å². The minimum Gasteiger partial charge on any atom is -0.507 e. The van der Waals surface area contributed by atoms with Gasteiger partial charge in [0, 0.05) is 12.1 Å². The topological polar surface area (TPSA) is 138 Å². The lowest BCUT2D eigenvalue weighted by molar-refractivity contribution is 0.201. The second-order valence-corrected chi connectivity index (χ2v) is 5.63.